The van der Waals surface area contributed by atoms with Gasteiger partial charge in [-0.2, -0.15) is 0 Å². The molecule has 3 rings (SSSR count). The van der Waals surface area contributed by atoms with Crippen LogP contribution in [-0.2, 0) is 24.4 Å². The van der Waals surface area contributed by atoms with Gasteiger partial charge in [0.15, 0.2) is 5.76 Å². The van der Waals surface area contributed by atoms with Gasteiger partial charge in [-0.25, -0.2) is 0 Å². The minimum atomic E-state index is 0.123. The van der Waals surface area contributed by atoms with E-state index in [2.05, 4.69) is 11.2 Å². The van der Waals surface area contributed by atoms with E-state index in [-0.39, 0.29) is 6.04 Å². The maximum absolute atomic E-state index is 6.16. The van der Waals surface area contributed by atoms with E-state index in [1.165, 1.54) is 11.1 Å². The van der Waals surface area contributed by atoms with Crippen LogP contribution in [0.25, 0.3) is 0 Å². The van der Waals surface area contributed by atoms with E-state index in [9.17, 15) is 0 Å². The predicted octanol–water partition coefficient (Wildman–Crippen LogP) is 2.74. The number of ether oxygens (including phenoxy) is 2. The Hall–Kier alpha value is -1.85. The molecule has 0 aliphatic heterocycles. The van der Waals surface area contributed by atoms with Crippen molar-refractivity contribution in [3.63, 3.8) is 0 Å². The van der Waals surface area contributed by atoms with Gasteiger partial charge < -0.3 is 19.7 Å². The molecule has 0 fully saturated rings. The van der Waals surface area contributed by atoms with Crippen molar-refractivity contribution in [3.05, 3.63) is 46.8 Å². The molecule has 0 amide bonds. The van der Waals surface area contributed by atoms with Crippen LogP contribution in [0.2, 0.25) is 0 Å². The van der Waals surface area contributed by atoms with Crippen LogP contribution in [0.15, 0.2) is 28.8 Å². The summed E-state index contributed by atoms with van der Waals surface area (Å²) in [6, 6.07) is 8.06. The van der Waals surface area contributed by atoms with E-state index < -0.39 is 0 Å². The molecule has 0 spiro atoms. The zero-order chi connectivity index (χ0) is 14.7. The molecule has 0 radical (unpaired) electrons. The fourth-order valence-corrected chi connectivity index (χ4v) is 2.77. The Kier molecular flexibility index (Phi) is 4.22. The number of rotatable bonds is 5. The molecule has 0 saturated heterocycles. The molecule has 1 aromatic heterocycles. The molecule has 2 aromatic rings. The van der Waals surface area contributed by atoms with Gasteiger partial charge in [-0.3, -0.25) is 0 Å². The molecule has 5 heteroatoms. The van der Waals surface area contributed by atoms with Crippen LogP contribution in [0.3, 0.4) is 0 Å². The van der Waals surface area contributed by atoms with Crippen LogP contribution in [0, 0.1) is 0 Å². The molecule has 0 bridgehead atoms. The molecule has 1 aliphatic carbocycles. The first-order chi connectivity index (χ1) is 10.3. The molecule has 112 valence electrons. The first kappa shape index (κ1) is 14.1. The van der Waals surface area contributed by atoms with E-state index in [0.717, 1.165) is 30.7 Å². The van der Waals surface area contributed by atoms with E-state index in [4.69, 9.17) is 19.7 Å². The lowest BCUT2D eigenvalue weighted by molar-refractivity contribution is 0.155. The average Bonchev–Trinajstić information content (AvgIpc) is 2.94. The average molecular weight is 288 g/mol. The number of methoxy groups -OCH3 is 1. The topological polar surface area (TPSA) is 70.5 Å². The van der Waals surface area contributed by atoms with Crippen LogP contribution in [0.4, 0.5) is 0 Å². The first-order valence-electron chi connectivity index (χ1n) is 7.21. The van der Waals surface area contributed by atoms with Crippen LogP contribution in [0.1, 0.15) is 41.5 Å². The highest BCUT2D eigenvalue weighted by atomic mass is 16.5. The second-order valence-electron chi connectivity index (χ2n) is 5.33. The second kappa shape index (κ2) is 6.28. The van der Waals surface area contributed by atoms with Gasteiger partial charge in [-0.05, 0) is 36.5 Å². The Balaban J connectivity index is 1.71. The standard InChI is InChI=1S/C16H20N2O3/c1-19-10-12-8-11(18-21-12)9-20-16-7-3-4-13-14(16)5-2-6-15(13)17/h3-4,7-8,15H,2,5-6,9-10,17H2,1H3. The van der Waals surface area contributed by atoms with Crippen molar-refractivity contribution in [3.8, 4) is 5.75 Å². The summed E-state index contributed by atoms with van der Waals surface area (Å²) in [6.45, 7) is 0.807. The van der Waals surface area contributed by atoms with Gasteiger partial charge in [-0.1, -0.05) is 17.3 Å². The molecule has 1 atom stereocenters. The maximum atomic E-state index is 6.16. The molecular formula is C16H20N2O3. The van der Waals surface area contributed by atoms with Crippen LogP contribution >= 0.6 is 0 Å². The molecule has 1 unspecified atom stereocenters. The summed E-state index contributed by atoms with van der Waals surface area (Å²) in [5, 5.41) is 3.97. The van der Waals surface area contributed by atoms with E-state index in [1.807, 2.05) is 18.2 Å². The SMILES string of the molecule is COCc1cc(COc2cccc3c2CCCC3N)no1. The van der Waals surface area contributed by atoms with Crippen LogP contribution in [0.5, 0.6) is 5.75 Å². The third-order valence-electron chi connectivity index (χ3n) is 3.78. The smallest absolute Gasteiger partial charge is 0.162 e. The number of hydrogen-bond acceptors (Lipinski definition) is 5. The van der Waals surface area contributed by atoms with Crippen molar-refractivity contribution in [1.82, 2.24) is 5.16 Å². The number of nitrogens with zero attached hydrogens (tertiary/aromatic N) is 1. The van der Waals surface area contributed by atoms with Crippen molar-refractivity contribution in [2.45, 2.75) is 38.5 Å². The van der Waals surface area contributed by atoms with Gasteiger partial charge in [-0.15, -0.1) is 0 Å². The van der Waals surface area contributed by atoms with E-state index in [0.29, 0.717) is 19.0 Å². The zero-order valence-corrected chi connectivity index (χ0v) is 12.2. The van der Waals surface area contributed by atoms with Crippen molar-refractivity contribution in [2.75, 3.05) is 7.11 Å². The number of benzene rings is 1. The van der Waals surface area contributed by atoms with Crippen molar-refractivity contribution >= 4 is 0 Å². The van der Waals surface area contributed by atoms with Gasteiger partial charge in [0.2, 0.25) is 0 Å². The summed E-state index contributed by atoms with van der Waals surface area (Å²) in [6.07, 6.45) is 3.17. The summed E-state index contributed by atoms with van der Waals surface area (Å²) < 4.78 is 16.1. The lowest BCUT2D eigenvalue weighted by Gasteiger charge is -2.24. The van der Waals surface area contributed by atoms with Crippen molar-refractivity contribution in [1.29, 1.82) is 0 Å². The monoisotopic (exact) mass is 288 g/mol. The lowest BCUT2D eigenvalue weighted by atomic mass is 9.87. The third-order valence-corrected chi connectivity index (χ3v) is 3.78. The van der Waals surface area contributed by atoms with E-state index >= 15 is 0 Å². The summed E-state index contributed by atoms with van der Waals surface area (Å²) in [5.74, 6) is 1.60. The summed E-state index contributed by atoms with van der Waals surface area (Å²) >= 11 is 0. The minimum Gasteiger partial charge on any atom is -0.487 e. The Morgan fingerprint density at radius 3 is 3.14 bits per heavy atom. The molecule has 1 heterocycles. The minimum absolute atomic E-state index is 0.123. The zero-order valence-electron chi connectivity index (χ0n) is 12.2. The fraction of sp³-hybridized carbons (Fsp3) is 0.438. The van der Waals surface area contributed by atoms with Gasteiger partial charge in [0.25, 0.3) is 0 Å². The van der Waals surface area contributed by atoms with Gasteiger partial charge in [0.1, 0.15) is 24.7 Å². The van der Waals surface area contributed by atoms with Crippen molar-refractivity contribution < 1.29 is 14.0 Å². The highest BCUT2D eigenvalue weighted by Crippen LogP contribution is 2.34. The van der Waals surface area contributed by atoms with Gasteiger partial charge in [0, 0.05) is 19.2 Å². The molecular weight excluding hydrogens is 268 g/mol. The molecule has 1 aliphatic rings. The van der Waals surface area contributed by atoms with Crippen LogP contribution in [-0.4, -0.2) is 12.3 Å². The number of fused-ring (bicyclic) bond motifs is 1. The predicted molar refractivity (Wildman–Crippen MR) is 77.9 cm³/mol. The van der Waals surface area contributed by atoms with Gasteiger partial charge in [0.05, 0.1) is 0 Å². The normalized spacial score (nSPS) is 17.5. The van der Waals surface area contributed by atoms with E-state index in [1.54, 1.807) is 7.11 Å². The molecule has 2 N–H and O–H groups in total. The highest BCUT2D eigenvalue weighted by Gasteiger charge is 2.20. The number of aromatic nitrogens is 1. The number of hydrogen-bond donors (Lipinski definition) is 1. The summed E-state index contributed by atoms with van der Waals surface area (Å²) in [4.78, 5) is 0. The fourth-order valence-electron chi connectivity index (χ4n) is 2.77. The quantitative estimate of drug-likeness (QED) is 0.916. The third kappa shape index (κ3) is 3.09. The second-order valence-corrected chi connectivity index (χ2v) is 5.33. The Labute approximate surface area is 124 Å². The largest absolute Gasteiger partial charge is 0.487 e. The highest BCUT2D eigenvalue weighted by molar-refractivity contribution is 5.43. The number of nitrogens with two attached hydrogens (primary N) is 1. The summed E-state index contributed by atoms with van der Waals surface area (Å²) in [7, 11) is 1.62. The molecule has 0 saturated carbocycles. The molecule has 21 heavy (non-hydrogen) atoms. The Bertz CT molecular complexity index is 609. The van der Waals surface area contributed by atoms with Crippen molar-refractivity contribution in [2.24, 2.45) is 5.73 Å². The van der Waals surface area contributed by atoms with Crippen LogP contribution < -0.4 is 10.5 Å². The maximum Gasteiger partial charge on any atom is 0.162 e. The molecule has 1 aromatic carbocycles. The molecule has 5 nitrogen and oxygen atoms in total. The summed E-state index contributed by atoms with van der Waals surface area (Å²) in [5.41, 5.74) is 9.37. The Morgan fingerprint density at radius 2 is 2.29 bits per heavy atom. The van der Waals surface area contributed by atoms with Gasteiger partial charge >= 0.3 is 0 Å². The lowest BCUT2D eigenvalue weighted by Crippen LogP contribution is -2.18. The Morgan fingerprint density at radius 1 is 1.38 bits per heavy atom. The first-order valence-corrected chi connectivity index (χ1v) is 7.21.